The van der Waals surface area contributed by atoms with Crippen LogP contribution in [0.15, 0.2) is 24.4 Å². The molecule has 0 aliphatic heterocycles. The minimum atomic E-state index is 0.0412. The number of carbonyl (C=O) groups excluding carboxylic acids is 1. The number of carbonyl (C=O) groups is 1. The van der Waals surface area contributed by atoms with Gasteiger partial charge in [-0.1, -0.05) is 6.07 Å². The van der Waals surface area contributed by atoms with Crippen LogP contribution in [0.25, 0.3) is 5.65 Å². The van der Waals surface area contributed by atoms with Gasteiger partial charge < -0.3 is 10.6 Å². The summed E-state index contributed by atoms with van der Waals surface area (Å²) in [5.74, 6) is 1.71. The first-order valence-electron chi connectivity index (χ1n) is 7.09. The Morgan fingerprint density at radius 3 is 3.10 bits per heavy atom. The van der Waals surface area contributed by atoms with Gasteiger partial charge in [-0.15, -0.1) is 10.2 Å². The molecule has 0 radical (unpaired) electrons. The summed E-state index contributed by atoms with van der Waals surface area (Å²) in [6.07, 6.45) is 5.21. The van der Waals surface area contributed by atoms with Gasteiger partial charge in [0.05, 0.1) is 6.54 Å². The van der Waals surface area contributed by atoms with Crippen molar-refractivity contribution in [1.82, 2.24) is 25.2 Å². The molecule has 0 atom stereocenters. The first-order valence-corrected chi connectivity index (χ1v) is 7.09. The van der Waals surface area contributed by atoms with E-state index in [-0.39, 0.29) is 5.91 Å². The largest absolute Gasteiger partial charge is 0.355 e. The second-order valence-corrected chi connectivity index (χ2v) is 5.22. The molecule has 0 unspecified atom stereocenters. The van der Waals surface area contributed by atoms with Crippen LogP contribution in [0.3, 0.4) is 0 Å². The predicted molar refractivity (Wildman–Crippen MR) is 75.3 cm³/mol. The predicted octanol–water partition coefficient (Wildman–Crippen LogP) is 0.388. The van der Waals surface area contributed by atoms with Crippen LogP contribution in [0.2, 0.25) is 0 Å². The second-order valence-electron chi connectivity index (χ2n) is 5.22. The number of nitrogens with one attached hydrogen (secondary N) is 2. The molecule has 0 saturated heterocycles. The van der Waals surface area contributed by atoms with Gasteiger partial charge in [0.15, 0.2) is 5.65 Å². The van der Waals surface area contributed by atoms with Crippen molar-refractivity contribution in [3.8, 4) is 0 Å². The Balaban J connectivity index is 1.41. The lowest BCUT2D eigenvalue weighted by Crippen LogP contribution is -2.35. The zero-order valence-corrected chi connectivity index (χ0v) is 11.4. The third-order valence-electron chi connectivity index (χ3n) is 3.47. The van der Waals surface area contributed by atoms with Gasteiger partial charge in [0.2, 0.25) is 5.91 Å². The van der Waals surface area contributed by atoms with Gasteiger partial charge in [0.25, 0.3) is 0 Å². The maximum Gasteiger partial charge on any atom is 0.233 e. The Labute approximate surface area is 117 Å². The van der Waals surface area contributed by atoms with E-state index in [0.29, 0.717) is 19.5 Å². The van der Waals surface area contributed by atoms with Gasteiger partial charge in [0.1, 0.15) is 5.82 Å². The lowest BCUT2D eigenvalue weighted by Gasteiger charge is -2.05. The molecule has 2 heterocycles. The molecule has 0 spiro atoms. The van der Waals surface area contributed by atoms with E-state index < -0.39 is 0 Å². The van der Waals surface area contributed by atoms with E-state index in [0.717, 1.165) is 23.9 Å². The Hall–Kier alpha value is -1.95. The number of fused-ring (bicyclic) bond motifs is 1. The second kappa shape index (κ2) is 6.00. The number of nitrogens with zero attached hydrogens (tertiary/aromatic N) is 3. The average molecular weight is 273 g/mol. The number of amides is 1. The van der Waals surface area contributed by atoms with Crippen molar-refractivity contribution in [1.29, 1.82) is 0 Å². The van der Waals surface area contributed by atoms with Crippen molar-refractivity contribution in [3.63, 3.8) is 0 Å². The lowest BCUT2D eigenvalue weighted by molar-refractivity contribution is -0.120. The van der Waals surface area contributed by atoms with Crippen LogP contribution in [0.4, 0.5) is 0 Å². The van der Waals surface area contributed by atoms with Gasteiger partial charge in [-0.05, 0) is 37.4 Å². The highest BCUT2D eigenvalue weighted by molar-refractivity contribution is 5.77. The Kier molecular flexibility index (Phi) is 3.92. The molecular weight excluding hydrogens is 254 g/mol. The number of hydrogen-bond donors (Lipinski definition) is 2. The molecule has 0 aromatic carbocycles. The number of pyridine rings is 1. The van der Waals surface area contributed by atoms with Crippen LogP contribution in [0.5, 0.6) is 0 Å². The molecule has 2 N–H and O–H groups in total. The highest BCUT2D eigenvalue weighted by Crippen LogP contribution is 2.27. The van der Waals surface area contributed by atoms with Crippen LogP contribution >= 0.6 is 0 Å². The van der Waals surface area contributed by atoms with Crippen LogP contribution < -0.4 is 10.6 Å². The summed E-state index contributed by atoms with van der Waals surface area (Å²) in [6, 6.07) is 5.79. The smallest absolute Gasteiger partial charge is 0.233 e. The first-order chi connectivity index (χ1) is 9.83. The van der Waals surface area contributed by atoms with Crippen molar-refractivity contribution in [2.24, 2.45) is 5.92 Å². The normalized spacial score (nSPS) is 14.6. The van der Waals surface area contributed by atoms with E-state index in [1.807, 2.05) is 28.8 Å². The summed E-state index contributed by atoms with van der Waals surface area (Å²) in [7, 11) is 0. The highest BCUT2D eigenvalue weighted by Gasteiger charge is 2.20. The van der Waals surface area contributed by atoms with E-state index in [4.69, 9.17) is 0 Å². The van der Waals surface area contributed by atoms with Crippen LogP contribution in [-0.4, -0.2) is 40.1 Å². The highest BCUT2D eigenvalue weighted by atomic mass is 16.1. The topological polar surface area (TPSA) is 71.3 Å². The number of rotatable bonds is 7. The third kappa shape index (κ3) is 3.33. The molecule has 1 fully saturated rings. The molecule has 1 amide bonds. The van der Waals surface area contributed by atoms with Crippen molar-refractivity contribution in [3.05, 3.63) is 30.2 Å². The molecule has 20 heavy (non-hydrogen) atoms. The van der Waals surface area contributed by atoms with Crippen molar-refractivity contribution in [2.45, 2.75) is 19.3 Å². The quantitative estimate of drug-likeness (QED) is 0.765. The zero-order chi connectivity index (χ0) is 13.8. The molecule has 6 heteroatoms. The van der Waals surface area contributed by atoms with Gasteiger partial charge in [0, 0.05) is 19.2 Å². The molecule has 1 aliphatic carbocycles. The molecular formula is C14H19N5O. The first kappa shape index (κ1) is 13.1. The Morgan fingerprint density at radius 2 is 2.25 bits per heavy atom. The van der Waals surface area contributed by atoms with Crippen LogP contribution in [-0.2, 0) is 11.2 Å². The molecule has 106 valence electrons. The molecule has 1 saturated carbocycles. The van der Waals surface area contributed by atoms with Crippen LogP contribution in [0.1, 0.15) is 18.7 Å². The molecule has 2 aromatic heterocycles. The van der Waals surface area contributed by atoms with Crippen molar-refractivity contribution < 1.29 is 4.79 Å². The molecule has 2 aromatic rings. The summed E-state index contributed by atoms with van der Waals surface area (Å²) in [6.45, 7) is 1.94. The summed E-state index contributed by atoms with van der Waals surface area (Å²) in [5, 5.41) is 14.3. The average Bonchev–Trinajstić information content (AvgIpc) is 3.19. The zero-order valence-electron chi connectivity index (χ0n) is 11.4. The van der Waals surface area contributed by atoms with Gasteiger partial charge >= 0.3 is 0 Å². The number of aromatic nitrogens is 3. The van der Waals surface area contributed by atoms with E-state index in [1.54, 1.807) is 0 Å². The molecule has 0 bridgehead atoms. The van der Waals surface area contributed by atoms with E-state index in [2.05, 4.69) is 20.8 Å². The van der Waals surface area contributed by atoms with Crippen molar-refractivity contribution >= 4 is 11.6 Å². The maximum atomic E-state index is 11.6. The van der Waals surface area contributed by atoms with Gasteiger partial charge in [-0.2, -0.15) is 0 Å². The standard InChI is InChI=1S/C14H19N5O/c20-14(10-15-9-11-4-5-11)16-7-6-13-18-17-12-3-1-2-8-19(12)13/h1-3,8,11,15H,4-7,9-10H2,(H,16,20). The molecule has 1 aliphatic rings. The van der Waals surface area contributed by atoms with Gasteiger partial charge in [-0.3, -0.25) is 9.20 Å². The third-order valence-corrected chi connectivity index (χ3v) is 3.47. The summed E-state index contributed by atoms with van der Waals surface area (Å²) in [4.78, 5) is 11.6. The fourth-order valence-electron chi connectivity index (χ4n) is 2.15. The fourth-order valence-corrected chi connectivity index (χ4v) is 2.15. The van der Waals surface area contributed by atoms with Crippen LogP contribution in [0, 0.1) is 5.92 Å². The summed E-state index contributed by atoms with van der Waals surface area (Å²) >= 11 is 0. The SMILES string of the molecule is O=C(CNCC1CC1)NCCc1nnc2ccccn12. The van der Waals surface area contributed by atoms with E-state index in [9.17, 15) is 4.79 Å². The minimum Gasteiger partial charge on any atom is -0.355 e. The Bertz CT molecular complexity index is 590. The maximum absolute atomic E-state index is 11.6. The number of hydrogen-bond acceptors (Lipinski definition) is 4. The van der Waals surface area contributed by atoms with E-state index in [1.165, 1.54) is 12.8 Å². The fraction of sp³-hybridized carbons (Fsp3) is 0.500. The Morgan fingerprint density at radius 1 is 1.35 bits per heavy atom. The summed E-state index contributed by atoms with van der Waals surface area (Å²) in [5.41, 5.74) is 0.833. The van der Waals surface area contributed by atoms with Crippen molar-refractivity contribution in [2.75, 3.05) is 19.6 Å². The molecule has 3 rings (SSSR count). The molecule has 6 nitrogen and oxygen atoms in total. The van der Waals surface area contributed by atoms with Gasteiger partial charge in [-0.25, -0.2) is 0 Å². The minimum absolute atomic E-state index is 0.0412. The summed E-state index contributed by atoms with van der Waals surface area (Å²) < 4.78 is 1.94. The van der Waals surface area contributed by atoms with E-state index >= 15 is 0 Å². The monoisotopic (exact) mass is 273 g/mol. The lowest BCUT2D eigenvalue weighted by atomic mass is 10.3.